The Hall–Kier alpha value is -5.57. The first-order valence-corrected chi connectivity index (χ1v) is 22.2. The van der Waals surface area contributed by atoms with E-state index in [0.29, 0.717) is 29.1 Å². The summed E-state index contributed by atoms with van der Waals surface area (Å²) >= 11 is 1.13. The van der Waals surface area contributed by atoms with E-state index in [2.05, 4.69) is 18.8 Å². The lowest BCUT2D eigenvalue weighted by molar-refractivity contribution is -0.146. The number of hydrogen-bond donors (Lipinski definition) is 2. The molecule has 7 rings (SSSR count). The van der Waals surface area contributed by atoms with Crippen LogP contribution in [-0.2, 0) is 21.6 Å². The van der Waals surface area contributed by atoms with E-state index in [0.717, 1.165) is 45.5 Å². The van der Waals surface area contributed by atoms with E-state index in [-0.39, 0.29) is 28.6 Å². The quantitative estimate of drug-likeness (QED) is 0.131. The van der Waals surface area contributed by atoms with Gasteiger partial charge in [0.2, 0.25) is 5.89 Å². The van der Waals surface area contributed by atoms with E-state index >= 15 is 0 Å². The van der Waals surface area contributed by atoms with Gasteiger partial charge in [0.05, 0.1) is 23.0 Å². The van der Waals surface area contributed by atoms with Gasteiger partial charge in [-0.3, -0.25) is 9.36 Å². The Balaban J connectivity index is 1.16. The van der Waals surface area contributed by atoms with Gasteiger partial charge in [0.25, 0.3) is 13.9 Å². The van der Waals surface area contributed by atoms with Crippen LogP contribution in [0.1, 0.15) is 64.2 Å². The first kappa shape index (κ1) is 40.6. The number of carboxylic acids is 1. The number of aryl methyl sites for hydroxylation is 1. The molecule has 1 fully saturated rings. The van der Waals surface area contributed by atoms with Gasteiger partial charge in [-0.1, -0.05) is 105 Å². The van der Waals surface area contributed by atoms with Gasteiger partial charge in [0, 0.05) is 13.1 Å². The van der Waals surface area contributed by atoms with Crippen molar-refractivity contribution in [3.05, 3.63) is 135 Å². The number of carbonyl (C=O) groups excluding carboxylic acids is 1. The lowest BCUT2D eigenvalue weighted by Gasteiger charge is -2.44. The van der Waals surface area contributed by atoms with Crippen molar-refractivity contribution in [3.63, 3.8) is 0 Å². The molecule has 58 heavy (non-hydrogen) atoms. The standard InChI is InChI=1S/C44H48N4O8SSi/c1-29-35-38(49)48(44(4,5)40(50)51)41(52)47(39(35)57-36(29)37-45-23-26-55-37)28-34(31-15-9-6-10-16-31)56-42(53)46-24-21-30(22-25-46)27-43(2,3)58(54,32-17-11-7-12-18-32)33-19-13-8-14-20-33/h6-20,23,26,30,34,54H,21-22,24-25,27-28H2,1-5H3,(H,50,51)/t34-/m0/s1. The number of aromatic nitrogens is 3. The maximum absolute atomic E-state index is 14.4. The summed E-state index contributed by atoms with van der Waals surface area (Å²) in [5.41, 5.74) is -2.39. The Labute approximate surface area is 341 Å². The van der Waals surface area contributed by atoms with Crippen LogP contribution in [0.5, 0.6) is 0 Å². The number of piperidine rings is 1. The normalized spacial score (nSPS) is 14.8. The molecule has 3 aromatic heterocycles. The summed E-state index contributed by atoms with van der Waals surface area (Å²) in [6.07, 6.45) is 3.57. The number of carbonyl (C=O) groups is 2. The molecule has 4 heterocycles. The van der Waals surface area contributed by atoms with Gasteiger partial charge < -0.3 is 24.0 Å². The molecule has 0 saturated carbocycles. The zero-order valence-electron chi connectivity index (χ0n) is 33.3. The van der Waals surface area contributed by atoms with Crippen LogP contribution < -0.4 is 21.6 Å². The van der Waals surface area contributed by atoms with Crippen molar-refractivity contribution >= 4 is 52.3 Å². The van der Waals surface area contributed by atoms with Crippen molar-refractivity contribution in [3.8, 4) is 10.8 Å². The van der Waals surface area contributed by atoms with E-state index in [4.69, 9.17) is 9.15 Å². The van der Waals surface area contributed by atoms with Crippen molar-refractivity contribution in [2.24, 2.45) is 5.92 Å². The minimum Gasteiger partial charge on any atom is -0.480 e. The molecule has 1 saturated heterocycles. The molecule has 0 bridgehead atoms. The number of aliphatic carboxylic acids is 1. The number of thiophene rings is 1. The number of hydrogen-bond acceptors (Lipinski definition) is 9. The molecule has 6 aromatic rings. The minimum atomic E-state index is -3.21. The number of benzene rings is 3. The summed E-state index contributed by atoms with van der Waals surface area (Å²) in [7, 11) is -3.21. The third-order valence-electron chi connectivity index (χ3n) is 11.7. The molecule has 302 valence electrons. The summed E-state index contributed by atoms with van der Waals surface area (Å²) in [4.78, 5) is 74.4. The maximum Gasteiger partial charge on any atom is 0.410 e. The number of ether oxygens (including phenoxy) is 1. The van der Waals surface area contributed by atoms with Crippen molar-refractivity contribution in [2.45, 2.75) is 77.1 Å². The fourth-order valence-electron chi connectivity index (χ4n) is 8.37. The van der Waals surface area contributed by atoms with Crippen LogP contribution in [-0.4, -0.2) is 62.4 Å². The Kier molecular flexibility index (Phi) is 11.2. The SMILES string of the molecule is Cc1c(-c2ncco2)sc2c1c(=O)n(C(C)(C)C(=O)O)c(=O)n2C[C@H](OC(=O)N1CCC(CC(C)(C)[Si](O)(c2ccccc2)c2ccccc2)CC1)c1ccccc1. The van der Waals surface area contributed by atoms with Crippen molar-refractivity contribution in [1.82, 2.24) is 19.0 Å². The molecular weight excluding hydrogens is 773 g/mol. The Morgan fingerprint density at radius 1 is 0.931 bits per heavy atom. The second-order valence-corrected chi connectivity index (χ2v) is 21.1. The maximum atomic E-state index is 14.4. The van der Waals surface area contributed by atoms with E-state index in [9.17, 15) is 29.1 Å². The minimum absolute atomic E-state index is 0.157. The number of nitrogens with zero attached hydrogens (tertiary/aromatic N) is 4. The highest BCUT2D eigenvalue weighted by Crippen LogP contribution is 2.44. The average molecular weight is 821 g/mol. The van der Waals surface area contributed by atoms with Gasteiger partial charge in [-0.2, -0.15) is 0 Å². The van der Waals surface area contributed by atoms with Crippen LogP contribution in [0.2, 0.25) is 5.04 Å². The van der Waals surface area contributed by atoms with Gasteiger partial charge in [-0.25, -0.2) is 23.9 Å². The first-order valence-electron chi connectivity index (χ1n) is 19.4. The highest BCUT2D eigenvalue weighted by atomic mass is 32.1. The molecule has 0 aliphatic carbocycles. The monoisotopic (exact) mass is 820 g/mol. The van der Waals surface area contributed by atoms with Crippen LogP contribution in [0.4, 0.5) is 4.79 Å². The summed E-state index contributed by atoms with van der Waals surface area (Å²) < 4.78 is 13.9. The van der Waals surface area contributed by atoms with Gasteiger partial charge in [-0.05, 0) is 72.5 Å². The predicted molar refractivity (Wildman–Crippen MR) is 226 cm³/mol. The van der Waals surface area contributed by atoms with E-state index < -0.39 is 48.3 Å². The summed E-state index contributed by atoms with van der Waals surface area (Å²) in [5, 5.41) is 11.8. The van der Waals surface area contributed by atoms with Gasteiger partial charge in [-0.15, -0.1) is 11.3 Å². The Morgan fingerprint density at radius 2 is 1.50 bits per heavy atom. The zero-order chi connectivity index (χ0) is 41.4. The lowest BCUT2D eigenvalue weighted by Crippen LogP contribution is -2.65. The lowest BCUT2D eigenvalue weighted by atomic mass is 9.88. The third-order valence-corrected chi connectivity index (χ3v) is 17.5. The van der Waals surface area contributed by atoms with Crippen molar-refractivity contribution < 1.29 is 28.6 Å². The molecular formula is C44H48N4O8SSi. The number of carboxylic acid groups (broad SMARTS) is 1. The Bertz CT molecular complexity index is 2490. The van der Waals surface area contributed by atoms with E-state index in [1.807, 2.05) is 78.9 Å². The smallest absolute Gasteiger partial charge is 0.410 e. The largest absolute Gasteiger partial charge is 0.480 e. The summed E-state index contributed by atoms with van der Waals surface area (Å²) in [5.74, 6) is -0.852. The van der Waals surface area contributed by atoms with Crippen LogP contribution in [0, 0.1) is 12.8 Å². The van der Waals surface area contributed by atoms with Gasteiger partial charge in [0.15, 0.2) is 0 Å². The molecule has 1 amide bonds. The number of rotatable bonds is 12. The van der Waals surface area contributed by atoms with Gasteiger partial charge >= 0.3 is 17.8 Å². The van der Waals surface area contributed by atoms with Crippen LogP contribution in [0.25, 0.3) is 21.0 Å². The molecule has 0 spiro atoms. The van der Waals surface area contributed by atoms with Crippen molar-refractivity contribution in [2.75, 3.05) is 13.1 Å². The molecule has 1 aliphatic rings. The number of likely N-dealkylation sites (tertiary alicyclic amines) is 1. The highest BCUT2D eigenvalue weighted by Gasteiger charge is 2.51. The molecule has 14 heteroatoms. The second kappa shape index (κ2) is 16.0. The number of fused-ring (bicyclic) bond motifs is 1. The molecule has 12 nitrogen and oxygen atoms in total. The van der Waals surface area contributed by atoms with Gasteiger partial charge in [0.1, 0.15) is 22.7 Å². The second-order valence-electron chi connectivity index (χ2n) is 16.2. The summed E-state index contributed by atoms with van der Waals surface area (Å²) in [6.45, 7) is 9.33. The molecule has 0 unspecified atom stereocenters. The topological polar surface area (TPSA) is 157 Å². The molecule has 0 radical (unpaired) electrons. The van der Waals surface area contributed by atoms with Crippen LogP contribution in [0.15, 0.2) is 117 Å². The number of oxazole rings is 1. The Morgan fingerprint density at radius 3 is 2.03 bits per heavy atom. The third kappa shape index (κ3) is 7.35. The molecule has 1 aliphatic heterocycles. The first-order chi connectivity index (χ1) is 27.6. The fourth-order valence-corrected chi connectivity index (χ4v) is 13.4. The number of amides is 1. The van der Waals surface area contributed by atoms with Crippen LogP contribution >= 0.6 is 11.3 Å². The van der Waals surface area contributed by atoms with E-state index in [1.165, 1.54) is 30.9 Å². The highest BCUT2D eigenvalue weighted by molar-refractivity contribution is 7.22. The fraction of sp³-hybridized carbons (Fsp3) is 0.341. The van der Waals surface area contributed by atoms with Crippen LogP contribution in [0.3, 0.4) is 0 Å². The molecule has 1 atom stereocenters. The van der Waals surface area contributed by atoms with E-state index in [1.54, 1.807) is 24.0 Å². The predicted octanol–water partition coefficient (Wildman–Crippen LogP) is 6.52. The van der Waals surface area contributed by atoms with Crippen molar-refractivity contribution in [1.29, 1.82) is 0 Å². The molecule has 3 aromatic carbocycles. The molecule has 2 N–H and O–H groups in total. The zero-order valence-corrected chi connectivity index (χ0v) is 35.1. The average Bonchev–Trinajstić information content (AvgIpc) is 3.88. The summed E-state index contributed by atoms with van der Waals surface area (Å²) in [6, 6.07) is 29.0.